The minimum atomic E-state index is 0.112. The highest BCUT2D eigenvalue weighted by Crippen LogP contribution is 2.22. The van der Waals surface area contributed by atoms with E-state index >= 15 is 0 Å². The van der Waals surface area contributed by atoms with Gasteiger partial charge in [0.2, 0.25) is 0 Å². The maximum absolute atomic E-state index is 5.68. The summed E-state index contributed by atoms with van der Waals surface area (Å²) in [7, 11) is 1.65. The topological polar surface area (TPSA) is 86.2 Å². The van der Waals surface area contributed by atoms with Crippen molar-refractivity contribution < 1.29 is 4.74 Å². The molecule has 1 aromatic heterocycles. The number of nitrogens with one attached hydrogen (secondary N) is 1. The van der Waals surface area contributed by atoms with E-state index in [0.717, 1.165) is 11.3 Å². The third-order valence-electron chi connectivity index (χ3n) is 2.94. The molecule has 1 aromatic carbocycles. The average molecular weight is 258 g/mol. The van der Waals surface area contributed by atoms with Crippen molar-refractivity contribution in [3.8, 4) is 5.75 Å². The third-order valence-corrected chi connectivity index (χ3v) is 2.94. The van der Waals surface area contributed by atoms with Gasteiger partial charge in [0.25, 0.3) is 0 Å². The van der Waals surface area contributed by atoms with Crippen LogP contribution in [0.15, 0.2) is 36.4 Å². The number of nitrogens with zero attached hydrogens (tertiary/aromatic N) is 1. The van der Waals surface area contributed by atoms with Crippen molar-refractivity contribution in [2.24, 2.45) is 0 Å². The summed E-state index contributed by atoms with van der Waals surface area (Å²) in [6, 6.07) is 11.5. The van der Waals surface area contributed by atoms with Crippen molar-refractivity contribution in [2.45, 2.75) is 13.0 Å². The van der Waals surface area contributed by atoms with Crippen molar-refractivity contribution in [3.63, 3.8) is 0 Å². The number of nitrogen functional groups attached to an aromatic ring is 2. The van der Waals surface area contributed by atoms with Crippen LogP contribution in [-0.2, 0) is 0 Å². The van der Waals surface area contributed by atoms with E-state index in [1.54, 1.807) is 13.2 Å². The normalized spacial score (nSPS) is 11.9. The molecule has 100 valence electrons. The van der Waals surface area contributed by atoms with Crippen LogP contribution in [0.4, 0.5) is 17.3 Å². The van der Waals surface area contributed by atoms with E-state index in [1.165, 1.54) is 0 Å². The van der Waals surface area contributed by atoms with Gasteiger partial charge in [0.1, 0.15) is 17.4 Å². The monoisotopic (exact) mass is 258 g/mol. The molecule has 0 amide bonds. The van der Waals surface area contributed by atoms with E-state index in [0.29, 0.717) is 17.3 Å². The van der Waals surface area contributed by atoms with Crippen LogP contribution in [-0.4, -0.2) is 12.1 Å². The molecule has 0 radical (unpaired) electrons. The van der Waals surface area contributed by atoms with Crippen LogP contribution in [0.3, 0.4) is 0 Å². The molecule has 0 aliphatic heterocycles. The van der Waals surface area contributed by atoms with Crippen LogP contribution in [0.1, 0.15) is 18.5 Å². The van der Waals surface area contributed by atoms with Crippen LogP contribution in [0.5, 0.6) is 5.75 Å². The van der Waals surface area contributed by atoms with Crippen LogP contribution in [0.2, 0.25) is 0 Å². The van der Waals surface area contributed by atoms with Crippen LogP contribution in [0.25, 0.3) is 0 Å². The van der Waals surface area contributed by atoms with Gasteiger partial charge in [0.15, 0.2) is 0 Å². The number of hydrogen-bond donors (Lipinski definition) is 3. The van der Waals surface area contributed by atoms with Gasteiger partial charge in [-0.05, 0) is 36.8 Å². The van der Waals surface area contributed by atoms with E-state index in [9.17, 15) is 0 Å². The van der Waals surface area contributed by atoms with E-state index in [-0.39, 0.29) is 6.04 Å². The largest absolute Gasteiger partial charge is 0.497 e. The summed E-state index contributed by atoms with van der Waals surface area (Å²) in [4.78, 5) is 4.19. The molecule has 1 heterocycles. The number of pyridine rings is 1. The third kappa shape index (κ3) is 3.07. The Morgan fingerprint density at radius 3 is 2.37 bits per heavy atom. The van der Waals surface area contributed by atoms with Crippen molar-refractivity contribution in [3.05, 3.63) is 42.0 Å². The van der Waals surface area contributed by atoms with E-state index in [4.69, 9.17) is 16.2 Å². The Hall–Kier alpha value is -2.43. The van der Waals surface area contributed by atoms with Gasteiger partial charge in [-0.2, -0.15) is 0 Å². The minimum Gasteiger partial charge on any atom is -0.497 e. The van der Waals surface area contributed by atoms with Gasteiger partial charge in [-0.1, -0.05) is 12.1 Å². The number of methoxy groups -OCH3 is 1. The first-order valence-corrected chi connectivity index (χ1v) is 6.02. The van der Waals surface area contributed by atoms with Gasteiger partial charge in [-0.3, -0.25) is 0 Å². The summed E-state index contributed by atoms with van der Waals surface area (Å²) < 4.78 is 5.13. The Morgan fingerprint density at radius 2 is 1.79 bits per heavy atom. The van der Waals surface area contributed by atoms with Crippen molar-refractivity contribution >= 4 is 17.3 Å². The summed E-state index contributed by atoms with van der Waals surface area (Å²) in [5, 5.41) is 3.28. The van der Waals surface area contributed by atoms with E-state index < -0.39 is 0 Å². The fourth-order valence-corrected chi connectivity index (χ4v) is 1.76. The Morgan fingerprint density at radius 1 is 1.11 bits per heavy atom. The second-order valence-electron chi connectivity index (χ2n) is 4.31. The molecule has 0 saturated heterocycles. The average Bonchev–Trinajstić information content (AvgIpc) is 2.43. The maximum atomic E-state index is 5.68. The predicted molar refractivity (Wildman–Crippen MR) is 78.1 cm³/mol. The van der Waals surface area contributed by atoms with Gasteiger partial charge in [-0.25, -0.2) is 4.98 Å². The van der Waals surface area contributed by atoms with Gasteiger partial charge in [-0.15, -0.1) is 0 Å². The number of aromatic nitrogens is 1. The SMILES string of the molecule is COc1ccc(C(C)Nc2ccc(N)c(N)n2)cc1. The Balaban J connectivity index is 2.10. The fraction of sp³-hybridized carbons (Fsp3) is 0.214. The molecule has 0 aliphatic rings. The molecule has 0 fully saturated rings. The zero-order valence-electron chi connectivity index (χ0n) is 11.1. The van der Waals surface area contributed by atoms with Crippen molar-refractivity contribution in [2.75, 3.05) is 23.9 Å². The van der Waals surface area contributed by atoms with Crippen LogP contribution >= 0.6 is 0 Å². The molecule has 1 unspecified atom stereocenters. The number of anilines is 3. The molecule has 1 atom stereocenters. The molecular formula is C14H18N4O. The first-order chi connectivity index (χ1) is 9.10. The van der Waals surface area contributed by atoms with Gasteiger partial charge in [0, 0.05) is 6.04 Å². The van der Waals surface area contributed by atoms with Crippen molar-refractivity contribution in [1.82, 2.24) is 4.98 Å². The smallest absolute Gasteiger partial charge is 0.149 e. The second kappa shape index (κ2) is 5.48. The molecule has 5 heteroatoms. The highest BCUT2D eigenvalue weighted by Gasteiger charge is 2.07. The summed E-state index contributed by atoms with van der Waals surface area (Å²) in [6.07, 6.45) is 0. The van der Waals surface area contributed by atoms with E-state index in [2.05, 4.69) is 17.2 Å². The molecular weight excluding hydrogens is 240 g/mol. The minimum absolute atomic E-state index is 0.112. The maximum Gasteiger partial charge on any atom is 0.149 e. The number of benzene rings is 1. The quantitative estimate of drug-likeness (QED) is 0.784. The van der Waals surface area contributed by atoms with Gasteiger partial charge >= 0.3 is 0 Å². The molecule has 2 rings (SSSR count). The summed E-state index contributed by atoms with van der Waals surface area (Å²) in [5.74, 6) is 1.88. The second-order valence-corrected chi connectivity index (χ2v) is 4.31. The molecule has 2 aromatic rings. The lowest BCUT2D eigenvalue weighted by Crippen LogP contribution is -2.09. The molecule has 19 heavy (non-hydrogen) atoms. The summed E-state index contributed by atoms with van der Waals surface area (Å²) >= 11 is 0. The number of ether oxygens (including phenoxy) is 1. The number of nitrogens with two attached hydrogens (primary N) is 2. The molecule has 5 N–H and O–H groups in total. The molecule has 0 aliphatic carbocycles. The number of rotatable bonds is 4. The van der Waals surface area contributed by atoms with Crippen LogP contribution in [0, 0.1) is 0 Å². The lowest BCUT2D eigenvalue weighted by Gasteiger charge is -2.16. The molecule has 0 bridgehead atoms. The Kier molecular flexibility index (Phi) is 3.75. The molecule has 0 saturated carbocycles. The Labute approximate surface area is 112 Å². The van der Waals surface area contributed by atoms with Gasteiger partial charge in [0.05, 0.1) is 12.8 Å². The lowest BCUT2D eigenvalue weighted by molar-refractivity contribution is 0.414. The zero-order chi connectivity index (χ0) is 13.8. The lowest BCUT2D eigenvalue weighted by atomic mass is 10.1. The molecule has 0 spiro atoms. The summed E-state index contributed by atoms with van der Waals surface area (Å²) in [6.45, 7) is 2.05. The fourth-order valence-electron chi connectivity index (χ4n) is 1.76. The van der Waals surface area contributed by atoms with Crippen LogP contribution < -0.4 is 21.5 Å². The first kappa shape index (κ1) is 13.0. The molecule has 5 nitrogen and oxygen atoms in total. The zero-order valence-corrected chi connectivity index (χ0v) is 11.1. The van der Waals surface area contributed by atoms with E-state index in [1.807, 2.05) is 30.3 Å². The first-order valence-electron chi connectivity index (χ1n) is 6.02. The van der Waals surface area contributed by atoms with Crippen molar-refractivity contribution in [1.29, 1.82) is 0 Å². The van der Waals surface area contributed by atoms with Gasteiger partial charge < -0.3 is 21.5 Å². The number of hydrogen-bond acceptors (Lipinski definition) is 5. The highest BCUT2D eigenvalue weighted by molar-refractivity contribution is 5.61. The predicted octanol–water partition coefficient (Wildman–Crippen LogP) is 2.43. The summed E-state index contributed by atoms with van der Waals surface area (Å²) in [5.41, 5.74) is 12.9. The Bertz CT molecular complexity index is 554. The highest BCUT2D eigenvalue weighted by atomic mass is 16.5. The standard InChI is InChI=1S/C14H18N4O/c1-9(10-3-5-11(19-2)6-4-10)17-13-8-7-12(15)14(16)18-13/h3-9H,15H2,1-2H3,(H3,16,17,18).